The molecule has 20 heavy (non-hydrogen) atoms. The molecule has 0 radical (unpaired) electrons. The van der Waals surface area contributed by atoms with Gasteiger partial charge in [-0.1, -0.05) is 26.2 Å². The van der Waals surface area contributed by atoms with E-state index in [1.165, 1.54) is 36.8 Å². The van der Waals surface area contributed by atoms with Gasteiger partial charge in [0, 0.05) is 11.5 Å². The zero-order valence-electron chi connectivity index (χ0n) is 12.0. The molecule has 0 spiro atoms. The largest absolute Gasteiger partial charge is 0.507 e. The molecule has 0 aliphatic heterocycles. The maximum Gasteiger partial charge on any atom is 0.133 e. The summed E-state index contributed by atoms with van der Waals surface area (Å²) in [5.41, 5.74) is 9.28. The van der Waals surface area contributed by atoms with Crippen molar-refractivity contribution in [3.05, 3.63) is 28.8 Å². The van der Waals surface area contributed by atoms with E-state index in [-0.39, 0.29) is 17.2 Å². The highest BCUT2D eigenvalue weighted by Gasteiger charge is 2.44. The Labute approximate surface area is 120 Å². The first-order valence-electron chi connectivity index (χ1n) is 7.58. The minimum atomic E-state index is -0.0653. The Hall–Kier alpha value is -1.53. The molecule has 0 saturated heterocycles. The lowest BCUT2D eigenvalue weighted by Crippen LogP contribution is -2.52. The molecule has 106 valence electrons. The number of hydrogen-bond acceptors (Lipinski definition) is 3. The first-order valence-corrected chi connectivity index (χ1v) is 7.58. The Balaban J connectivity index is 2.16. The van der Waals surface area contributed by atoms with E-state index in [0.717, 1.165) is 12.8 Å². The normalized spacial score (nSPS) is 32.6. The van der Waals surface area contributed by atoms with Crippen molar-refractivity contribution < 1.29 is 5.11 Å². The fourth-order valence-corrected chi connectivity index (χ4v) is 4.19. The number of fused-ring (bicyclic) bond motifs is 4. The van der Waals surface area contributed by atoms with Gasteiger partial charge in [0.2, 0.25) is 0 Å². The third kappa shape index (κ3) is 1.91. The van der Waals surface area contributed by atoms with Crippen LogP contribution in [-0.4, -0.2) is 11.1 Å². The molecule has 2 aliphatic rings. The first kappa shape index (κ1) is 13.5. The second-order valence-corrected chi connectivity index (χ2v) is 6.65. The average molecular weight is 270 g/mol. The van der Waals surface area contributed by atoms with Gasteiger partial charge in [-0.15, -0.1) is 0 Å². The van der Waals surface area contributed by atoms with Crippen LogP contribution in [0.3, 0.4) is 0 Å². The van der Waals surface area contributed by atoms with Crippen molar-refractivity contribution in [3.63, 3.8) is 0 Å². The molecule has 1 saturated carbocycles. The van der Waals surface area contributed by atoms with Gasteiger partial charge >= 0.3 is 0 Å². The summed E-state index contributed by atoms with van der Waals surface area (Å²) in [5, 5.41) is 19.1. The smallest absolute Gasteiger partial charge is 0.133 e. The van der Waals surface area contributed by atoms with E-state index in [2.05, 4.69) is 13.0 Å². The van der Waals surface area contributed by atoms with Gasteiger partial charge in [-0.25, -0.2) is 0 Å². The Bertz CT molecular complexity index is 575. The van der Waals surface area contributed by atoms with Crippen LogP contribution in [0.2, 0.25) is 0 Å². The van der Waals surface area contributed by atoms with E-state index < -0.39 is 0 Å². The molecule has 2 aliphatic carbocycles. The van der Waals surface area contributed by atoms with Crippen LogP contribution in [0, 0.1) is 17.2 Å². The molecule has 1 aromatic carbocycles. The van der Waals surface area contributed by atoms with E-state index in [1.54, 1.807) is 6.07 Å². The fraction of sp³-hybridized carbons (Fsp3) is 0.588. The van der Waals surface area contributed by atoms with Crippen LogP contribution in [0.1, 0.15) is 55.7 Å². The summed E-state index contributed by atoms with van der Waals surface area (Å²) < 4.78 is 0. The monoisotopic (exact) mass is 270 g/mol. The maximum atomic E-state index is 10.0. The van der Waals surface area contributed by atoms with Gasteiger partial charge in [-0.3, -0.25) is 0 Å². The lowest BCUT2D eigenvalue weighted by Gasteiger charge is -2.47. The van der Waals surface area contributed by atoms with Crippen LogP contribution in [0.25, 0.3) is 0 Å². The van der Waals surface area contributed by atoms with E-state index in [4.69, 9.17) is 11.0 Å². The summed E-state index contributed by atoms with van der Waals surface area (Å²) in [5.74, 6) is 0.601. The summed E-state index contributed by atoms with van der Waals surface area (Å²) in [6, 6.07) is 5.91. The number of rotatable bonds is 0. The number of aromatic hydroxyl groups is 1. The van der Waals surface area contributed by atoms with Crippen molar-refractivity contribution in [1.29, 1.82) is 5.26 Å². The van der Waals surface area contributed by atoms with Gasteiger partial charge in [0.25, 0.3) is 0 Å². The Morgan fingerprint density at radius 3 is 2.90 bits per heavy atom. The molecule has 3 atom stereocenters. The predicted molar refractivity (Wildman–Crippen MR) is 78.4 cm³/mol. The SMILES string of the molecule is CC12CCCCCC(Cc3cc(C#N)c(O)cc31)[C@@H]2N. The molecular formula is C17H22N2O. The number of benzene rings is 1. The number of nitrogens with two attached hydrogens (primary N) is 1. The quantitative estimate of drug-likeness (QED) is 0.761. The molecule has 1 aromatic rings. The highest BCUT2D eigenvalue weighted by Crippen LogP contribution is 2.46. The Morgan fingerprint density at radius 1 is 1.35 bits per heavy atom. The summed E-state index contributed by atoms with van der Waals surface area (Å²) in [4.78, 5) is 0. The molecule has 1 fully saturated rings. The van der Waals surface area contributed by atoms with E-state index in [9.17, 15) is 5.11 Å². The van der Waals surface area contributed by atoms with Gasteiger partial charge in [0.05, 0.1) is 5.56 Å². The minimum absolute atomic E-state index is 0.0653. The predicted octanol–water partition coefficient (Wildman–Crippen LogP) is 2.99. The van der Waals surface area contributed by atoms with Crippen LogP contribution in [0.5, 0.6) is 5.75 Å². The maximum absolute atomic E-state index is 10.0. The van der Waals surface area contributed by atoms with Crippen molar-refractivity contribution in [2.24, 2.45) is 11.7 Å². The number of hydrogen-bond donors (Lipinski definition) is 2. The van der Waals surface area contributed by atoms with Crippen molar-refractivity contribution in [2.45, 2.75) is 56.9 Å². The van der Waals surface area contributed by atoms with Crippen molar-refractivity contribution in [1.82, 2.24) is 0 Å². The number of nitriles is 1. The Morgan fingerprint density at radius 2 is 2.15 bits per heavy atom. The topological polar surface area (TPSA) is 70.0 Å². The molecule has 2 bridgehead atoms. The molecular weight excluding hydrogens is 248 g/mol. The van der Waals surface area contributed by atoms with Crippen molar-refractivity contribution in [3.8, 4) is 11.8 Å². The minimum Gasteiger partial charge on any atom is -0.507 e. The van der Waals surface area contributed by atoms with Gasteiger partial charge in [0.1, 0.15) is 11.8 Å². The molecule has 0 heterocycles. The highest BCUT2D eigenvalue weighted by atomic mass is 16.3. The van der Waals surface area contributed by atoms with Gasteiger partial charge < -0.3 is 10.8 Å². The van der Waals surface area contributed by atoms with Crippen LogP contribution >= 0.6 is 0 Å². The summed E-state index contributed by atoms with van der Waals surface area (Å²) in [6.45, 7) is 2.24. The highest BCUT2D eigenvalue weighted by molar-refractivity contribution is 5.52. The lowest BCUT2D eigenvalue weighted by molar-refractivity contribution is 0.201. The zero-order valence-corrected chi connectivity index (χ0v) is 12.0. The van der Waals surface area contributed by atoms with Crippen LogP contribution in [0.15, 0.2) is 12.1 Å². The van der Waals surface area contributed by atoms with E-state index >= 15 is 0 Å². The van der Waals surface area contributed by atoms with Crippen LogP contribution in [-0.2, 0) is 11.8 Å². The van der Waals surface area contributed by atoms with Gasteiger partial charge in [0.15, 0.2) is 0 Å². The molecule has 2 unspecified atom stereocenters. The number of phenols is 1. The summed E-state index contributed by atoms with van der Waals surface area (Å²) in [7, 11) is 0. The van der Waals surface area contributed by atoms with Crippen LogP contribution in [0.4, 0.5) is 0 Å². The second-order valence-electron chi connectivity index (χ2n) is 6.65. The third-order valence-corrected chi connectivity index (χ3v) is 5.45. The number of nitrogens with zero attached hydrogens (tertiary/aromatic N) is 1. The summed E-state index contributed by atoms with van der Waals surface area (Å²) >= 11 is 0. The van der Waals surface area contributed by atoms with Gasteiger partial charge in [-0.05, 0) is 48.4 Å². The molecule has 0 aromatic heterocycles. The standard InChI is InChI=1S/C17H22N2O/c1-17-6-4-2-3-5-11(16(17)19)7-12-8-13(10-18)15(20)9-14(12)17/h8-9,11,16,20H,2-7,19H2,1H3/t11?,16-,17?/m0/s1. The first-order chi connectivity index (χ1) is 9.56. The summed E-state index contributed by atoms with van der Waals surface area (Å²) in [6.07, 6.45) is 6.92. The van der Waals surface area contributed by atoms with Crippen molar-refractivity contribution in [2.75, 3.05) is 0 Å². The Kier molecular flexibility index (Phi) is 3.22. The molecule has 3 N–H and O–H groups in total. The molecule has 3 rings (SSSR count). The molecule has 3 heteroatoms. The molecule has 0 amide bonds. The van der Waals surface area contributed by atoms with Crippen LogP contribution < -0.4 is 5.73 Å². The zero-order chi connectivity index (χ0) is 14.3. The van der Waals surface area contributed by atoms with Crippen molar-refractivity contribution >= 4 is 0 Å². The number of phenolic OH excluding ortho intramolecular Hbond substituents is 1. The van der Waals surface area contributed by atoms with E-state index in [0.29, 0.717) is 11.5 Å². The second kappa shape index (κ2) is 4.79. The van der Waals surface area contributed by atoms with E-state index in [1.807, 2.05) is 6.07 Å². The lowest BCUT2D eigenvalue weighted by atomic mass is 9.60. The fourth-order valence-electron chi connectivity index (χ4n) is 4.19. The van der Waals surface area contributed by atoms with Gasteiger partial charge in [-0.2, -0.15) is 5.26 Å². The third-order valence-electron chi connectivity index (χ3n) is 5.45. The average Bonchev–Trinajstić information content (AvgIpc) is 2.43. The molecule has 3 nitrogen and oxygen atoms in total.